The minimum atomic E-state index is -3.10. The highest BCUT2D eigenvalue weighted by atomic mass is 32.2. The van der Waals surface area contributed by atoms with E-state index < -0.39 is 9.84 Å². The molecule has 0 radical (unpaired) electrons. The van der Waals surface area contributed by atoms with E-state index in [0.29, 0.717) is 10.9 Å². The van der Waals surface area contributed by atoms with E-state index in [1.54, 1.807) is 19.1 Å². The van der Waals surface area contributed by atoms with E-state index in [2.05, 4.69) is 17.1 Å². The normalized spacial score (nSPS) is 19.6. The fourth-order valence-electron chi connectivity index (χ4n) is 2.57. The van der Waals surface area contributed by atoms with Gasteiger partial charge in [-0.1, -0.05) is 6.92 Å². The van der Waals surface area contributed by atoms with E-state index in [0.717, 1.165) is 31.7 Å². The van der Waals surface area contributed by atoms with Crippen LogP contribution in [0.3, 0.4) is 0 Å². The maximum atomic E-state index is 11.8. The summed E-state index contributed by atoms with van der Waals surface area (Å²) in [5, 5.41) is 3.36. The van der Waals surface area contributed by atoms with E-state index in [-0.39, 0.29) is 5.75 Å². The lowest BCUT2D eigenvalue weighted by molar-refractivity contribution is 0.597. The summed E-state index contributed by atoms with van der Waals surface area (Å²) in [5.41, 5.74) is 1.10. The Morgan fingerprint density at radius 3 is 2.42 bits per heavy atom. The second kappa shape index (κ2) is 5.92. The lowest BCUT2D eigenvalue weighted by Crippen LogP contribution is -2.36. The van der Waals surface area contributed by atoms with Crippen molar-refractivity contribution >= 4 is 15.5 Å². The number of rotatable bonds is 5. The number of hydrogen-bond acceptors (Lipinski definition) is 4. The van der Waals surface area contributed by atoms with Gasteiger partial charge in [-0.05, 0) is 44.2 Å². The predicted molar refractivity (Wildman–Crippen MR) is 78.5 cm³/mol. The average molecular weight is 282 g/mol. The Labute approximate surface area is 115 Å². The van der Waals surface area contributed by atoms with Crippen LogP contribution in [0.1, 0.15) is 20.3 Å². The molecule has 1 aliphatic rings. The summed E-state index contributed by atoms with van der Waals surface area (Å²) in [4.78, 5) is 2.75. The minimum Gasteiger partial charge on any atom is -0.367 e. The van der Waals surface area contributed by atoms with Crippen LogP contribution in [0.5, 0.6) is 0 Å². The van der Waals surface area contributed by atoms with Crippen molar-refractivity contribution in [2.75, 3.05) is 30.3 Å². The number of nitrogens with one attached hydrogen (secondary N) is 1. The summed E-state index contributed by atoms with van der Waals surface area (Å²) < 4.78 is 23.6. The van der Waals surface area contributed by atoms with Crippen LogP contribution >= 0.6 is 0 Å². The first-order chi connectivity index (χ1) is 9.08. The highest BCUT2D eigenvalue weighted by molar-refractivity contribution is 7.91. The van der Waals surface area contributed by atoms with Crippen molar-refractivity contribution in [1.82, 2.24) is 5.32 Å². The molecule has 1 saturated heterocycles. The van der Waals surface area contributed by atoms with Crippen LogP contribution in [0.4, 0.5) is 5.69 Å². The molecule has 0 bridgehead atoms. The smallest absolute Gasteiger partial charge is 0.178 e. The molecule has 0 aliphatic carbocycles. The van der Waals surface area contributed by atoms with Crippen LogP contribution in [-0.4, -0.2) is 39.8 Å². The molecule has 2 rings (SSSR count). The monoisotopic (exact) mass is 282 g/mol. The summed E-state index contributed by atoms with van der Waals surface area (Å²) in [5.74, 6) is 0.149. The van der Waals surface area contributed by atoms with Crippen molar-refractivity contribution in [2.24, 2.45) is 0 Å². The number of nitrogens with zero attached hydrogens (tertiary/aromatic N) is 1. The maximum Gasteiger partial charge on any atom is 0.178 e. The second-order valence-corrected chi connectivity index (χ2v) is 7.11. The molecule has 19 heavy (non-hydrogen) atoms. The molecule has 106 valence electrons. The van der Waals surface area contributed by atoms with Crippen LogP contribution in [0.15, 0.2) is 29.2 Å². The second-order valence-electron chi connectivity index (χ2n) is 4.83. The van der Waals surface area contributed by atoms with Crippen molar-refractivity contribution < 1.29 is 8.42 Å². The van der Waals surface area contributed by atoms with Gasteiger partial charge in [-0.3, -0.25) is 0 Å². The molecule has 1 atom stereocenters. The zero-order chi connectivity index (χ0) is 13.9. The van der Waals surface area contributed by atoms with Crippen LogP contribution in [-0.2, 0) is 9.84 Å². The first-order valence-corrected chi connectivity index (χ1v) is 8.54. The zero-order valence-corrected chi connectivity index (χ0v) is 12.4. The molecule has 1 aromatic rings. The Morgan fingerprint density at radius 1 is 1.26 bits per heavy atom. The molecule has 5 heteroatoms. The molecule has 1 fully saturated rings. The molecule has 1 heterocycles. The van der Waals surface area contributed by atoms with Gasteiger partial charge in [0.15, 0.2) is 9.84 Å². The van der Waals surface area contributed by atoms with Gasteiger partial charge in [0.1, 0.15) is 0 Å². The molecule has 1 N–H and O–H groups in total. The van der Waals surface area contributed by atoms with Gasteiger partial charge in [0, 0.05) is 24.8 Å². The largest absolute Gasteiger partial charge is 0.367 e. The van der Waals surface area contributed by atoms with Gasteiger partial charge in [-0.25, -0.2) is 8.42 Å². The van der Waals surface area contributed by atoms with Crippen LogP contribution in [0.2, 0.25) is 0 Å². The van der Waals surface area contributed by atoms with Crippen molar-refractivity contribution in [3.8, 4) is 0 Å². The van der Waals surface area contributed by atoms with Crippen LogP contribution < -0.4 is 10.2 Å². The first kappa shape index (κ1) is 14.3. The van der Waals surface area contributed by atoms with Gasteiger partial charge in [-0.15, -0.1) is 0 Å². The number of sulfone groups is 1. The topological polar surface area (TPSA) is 49.4 Å². The van der Waals surface area contributed by atoms with Crippen molar-refractivity contribution in [3.05, 3.63) is 24.3 Å². The van der Waals surface area contributed by atoms with Gasteiger partial charge >= 0.3 is 0 Å². The van der Waals surface area contributed by atoms with Crippen molar-refractivity contribution in [2.45, 2.75) is 31.2 Å². The summed E-state index contributed by atoms with van der Waals surface area (Å²) in [6.45, 7) is 6.80. The quantitative estimate of drug-likeness (QED) is 0.892. The Morgan fingerprint density at radius 2 is 1.95 bits per heavy atom. The van der Waals surface area contributed by atoms with E-state index in [1.165, 1.54) is 0 Å². The van der Waals surface area contributed by atoms with Gasteiger partial charge in [0.2, 0.25) is 0 Å². The molecular formula is C14H22N2O2S. The third-order valence-corrected chi connectivity index (χ3v) is 5.47. The van der Waals surface area contributed by atoms with Gasteiger partial charge in [0.05, 0.1) is 10.6 Å². The van der Waals surface area contributed by atoms with Gasteiger partial charge < -0.3 is 10.2 Å². The molecule has 0 spiro atoms. The zero-order valence-electron chi connectivity index (χ0n) is 11.6. The summed E-state index contributed by atoms with van der Waals surface area (Å²) >= 11 is 0. The molecule has 1 aromatic carbocycles. The summed E-state index contributed by atoms with van der Waals surface area (Å²) in [6, 6.07) is 7.80. The number of anilines is 1. The number of hydrogen-bond donors (Lipinski definition) is 1. The van der Waals surface area contributed by atoms with Crippen molar-refractivity contribution in [1.29, 1.82) is 0 Å². The van der Waals surface area contributed by atoms with E-state index in [1.807, 2.05) is 12.1 Å². The van der Waals surface area contributed by atoms with Crippen LogP contribution in [0.25, 0.3) is 0 Å². The molecule has 1 aliphatic heterocycles. The average Bonchev–Trinajstić information content (AvgIpc) is 2.94. The standard InChI is InChI=1S/C14H22N2O2S/c1-3-16(13-9-10-15-11-13)12-5-7-14(8-6-12)19(17,18)4-2/h5-8,13,15H,3-4,9-11H2,1-2H3. The first-order valence-electron chi connectivity index (χ1n) is 6.88. The third-order valence-electron chi connectivity index (χ3n) is 3.72. The Kier molecular flexibility index (Phi) is 4.47. The highest BCUT2D eigenvalue weighted by Gasteiger charge is 2.21. The van der Waals surface area contributed by atoms with E-state index in [9.17, 15) is 8.42 Å². The maximum absolute atomic E-state index is 11.8. The fourth-order valence-corrected chi connectivity index (χ4v) is 3.45. The SMILES string of the molecule is CCN(c1ccc(S(=O)(=O)CC)cc1)C1CCNC1. The molecule has 0 amide bonds. The van der Waals surface area contributed by atoms with E-state index >= 15 is 0 Å². The number of benzene rings is 1. The summed E-state index contributed by atoms with van der Waals surface area (Å²) in [7, 11) is -3.10. The minimum absolute atomic E-state index is 0.149. The molecular weight excluding hydrogens is 260 g/mol. The lowest BCUT2D eigenvalue weighted by Gasteiger charge is -2.29. The van der Waals surface area contributed by atoms with Crippen molar-refractivity contribution in [3.63, 3.8) is 0 Å². The fraction of sp³-hybridized carbons (Fsp3) is 0.571. The Bertz CT molecular complexity index is 505. The molecule has 4 nitrogen and oxygen atoms in total. The Hall–Kier alpha value is -1.07. The predicted octanol–water partition coefficient (Wildman–Crippen LogP) is 1.67. The van der Waals surface area contributed by atoms with Gasteiger partial charge in [0.25, 0.3) is 0 Å². The van der Waals surface area contributed by atoms with Gasteiger partial charge in [-0.2, -0.15) is 0 Å². The lowest BCUT2D eigenvalue weighted by atomic mass is 10.2. The summed E-state index contributed by atoms with van der Waals surface area (Å²) in [6.07, 6.45) is 1.14. The highest BCUT2D eigenvalue weighted by Crippen LogP contribution is 2.22. The third kappa shape index (κ3) is 3.09. The molecule has 1 unspecified atom stereocenters. The molecule has 0 aromatic heterocycles. The van der Waals surface area contributed by atoms with Crippen LogP contribution in [0, 0.1) is 0 Å². The number of likely N-dealkylation sites (N-methyl/N-ethyl adjacent to an activating group) is 1. The Balaban J connectivity index is 2.21. The molecule has 0 saturated carbocycles. The van der Waals surface area contributed by atoms with E-state index in [4.69, 9.17) is 0 Å².